The highest BCUT2D eigenvalue weighted by molar-refractivity contribution is 5.94. The van der Waals surface area contributed by atoms with Gasteiger partial charge >= 0.3 is 0 Å². The third-order valence-electron chi connectivity index (χ3n) is 2.91. The standard InChI is InChI=1S/C12H18N4O2/c1-8-5-16(6-10(7-17)18-8)11-3-2-9(4-15-11)12(13)14/h2-4,8,10,17H,5-7H2,1H3,(H3,13,14). The van der Waals surface area contributed by atoms with Crippen molar-refractivity contribution in [2.24, 2.45) is 5.73 Å². The smallest absolute Gasteiger partial charge is 0.128 e. The number of anilines is 1. The third kappa shape index (κ3) is 2.77. The van der Waals surface area contributed by atoms with E-state index >= 15 is 0 Å². The zero-order valence-corrected chi connectivity index (χ0v) is 10.3. The molecule has 6 heteroatoms. The lowest BCUT2D eigenvalue weighted by Gasteiger charge is -2.36. The number of hydrogen-bond donors (Lipinski definition) is 3. The van der Waals surface area contributed by atoms with E-state index in [-0.39, 0.29) is 24.7 Å². The molecule has 0 amide bonds. The first-order valence-electron chi connectivity index (χ1n) is 5.92. The number of morpholine rings is 1. The summed E-state index contributed by atoms with van der Waals surface area (Å²) < 4.78 is 5.58. The van der Waals surface area contributed by atoms with Crippen molar-refractivity contribution in [3.63, 3.8) is 0 Å². The number of nitrogens with zero attached hydrogens (tertiary/aromatic N) is 2. The van der Waals surface area contributed by atoms with Crippen molar-refractivity contribution in [3.8, 4) is 0 Å². The van der Waals surface area contributed by atoms with E-state index in [0.29, 0.717) is 12.1 Å². The van der Waals surface area contributed by atoms with Crippen LogP contribution < -0.4 is 10.6 Å². The van der Waals surface area contributed by atoms with Crippen molar-refractivity contribution < 1.29 is 9.84 Å². The monoisotopic (exact) mass is 250 g/mol. The maximum Gasteiger partial charge on any atom is 0.128 e. The van der Waals surface area contributed by atoms with Crippen LogP contribution in [0.2, 0.25) is 0 Å². The molecule has 0 aromatic carbocycles. The zero-order valence-electron chi connectivity index (χ0n) is 10.3. The molecule has 0 spiro atoms. The predicted molar refractivity (Wildman–Crippen MR) is 68.9 cm³/mol. The lowest BCUT2D eigenvalue weighted by Crippen LogP contribution is -2.48. The zero-order chi connectivity index (χ0) is 13.1. The van der Waals surface area contributed by atoms with Crippen LogP contribution in [-0.4, -0.2) is 47.8 Å². The van der Waals surface area contributed by atoms with E-state index in [1.165, 1.54) is 0 Å². The number of aromatic nitrogens is 1. The van der Waals surface area contributed by atoms with Gasteiger partial charge in [0.25, 0.3) is 0 Å². The number of hydrogen-bond acceptors (Lipinski definition) is 5. The molecule has 0 radical (unpaired) electrons. The van der Waals surface area contributed by atoms with Crippen LogP contribution in [0.5, 0.6) is 0 Å². The highest BCUT2D eigenvalue weighted by Gasteiger charge is 2.25. The molecular formula is C12H18N4O2. The van der Waals surface area contributed by atoms with Crippen molar-refractivity contribution in [2.45, 2.75) is 19.1 Å². The Balaban J connectivity index is 2.12. The van der Waals surface area contributed by atoms with Crippen LogP contribution in [0.15, 0.2) is 18.3 Å². The highest BCUT2D eigenvalue weighted by atomic mass is 16.5. The summed E-state index contributed by atoms with van der Waals surface area (Å²) in [5.74, 6) is 0.825. The Morgan fingerprint density at radius 1 is 1.61 bits per heavy atom. The molecule has 98 valence electrons. The van der Waals surface area contributed by atoms with Gasteiger partial charge < -0.3 is 20.5 Å². The van der Waals surface area contributed by atoms with Gasteiger partial charge in [-0.3, -0.25) is 5.41 Å². The number of ether oxygens (including phenoxy) is 1. The molecular weight excluding hydrogens is 232 g/mol. The van der Waals surface area contributed by atoms with E-state index < -0.39 is 0 Å². The molecule has 1 aliphatic heterocycles. The van der Waals surface area contributed by atoms with Crippen molar-refractivity contribution in [1.29, 1.82) is 5.41 Å². The highest BCUT2D eigenvalue weighted by Crippen LogP contribution is 2.18. The molecule has 0 saturated carbocycles. The first-order chi connectivity index (χ1) is 8.60. The van der Waals surface area contributed by atoms with Crippen molar-refractivity contribution in [2.75, 3.05) is 24.6 Å². The van der Waals surface area contributed by atoms with Crippen LogP contribution >= 0.6 is 0 Å². The first-order valence-corrected chi connectivity index (χ1v) is 5.92. The van der Waals surface area contributed by atoms with Gasteiger partial charge in [0.15, 0.2) is 0 Å². The maximum absolute atomic E-state index is 9.17. The minimum atomic E-state index is -0.178. The molecule has 2 rings (SSSR count). The molecule has 18 heavy (non-hydrogen) atoms. The maximum atomic E-state index is 9.17. The summed E-state index contributed by atoms with van der Waals surface area (Å²) in [6, 6.07) is 3.61. The Morgan fingerprint density at radius 2 is 2.39 bits per heavy atom. The number of amidine groups is 1. The number of nitrogens with two attached hydrogens (primary N) is 1. The molecule has 4 N–H and O–H groups in total. The van der Waals surface area contributed by atoms with E-state index in [1.807, 2.05) is 13.0 Å². The van der Waals surface area contributed by atoms with E-state index in [4.69, 9.17) is 15.9 Å². The second-order valence-electron chi connectivity index (χ2n) is 4.48. The molecule has 1 aliphatic rings. The molecule has 0 bridgehead atoms. The van der Waals surface area contributed by atoms with Crippen molar-refractivity contribution in [1.82, 2.24) is 4.98 Å². The molecule has 6 nitrogen and oxygen atoms in total. The summed E-state index contributed by atoms with van der Waals surface area (Å²) in [4.78, 5) is 6.36. The normalized spacial score (nSPS) is 24.0. The number of rotatable bonds is 3. The minimum absolute atomic E-state index is 0.00632. The molecule has 1 fully saturated rings. The first kappa shape index (κ1) is 12.8. The van der Waals surface area contributed by atoms with Crippen LogP contribution in [0.4, 0.5) is 5.82 Å². The summed E-state index contributed by atoms with van der Waals surface area (Å²) in [5, 5.41) is 16.5. The molecule has 1 aromatic rings. The average Bonchev–Trinajstić information content (AvgIpc) is 2.38. The van der Waals surface area contributed by atoms with Crippen molar-refractivity contribution >= 4 is 11.7 Å². The predicted octanol–water partition coefficient (Wildman–Crippen LogP) is -0.0483. The van der Waals surface area contributed by atoms with Gasteiger partial charge in [-0.05, 0) is 19.1 Å². The Morgan fingerprint density at radius 3 is 2.94 bits per heavy atom. The number of aliphatic hydroxyl groups is 1. The molecule has 0 aliphatic carbocycles. The van der Waals surface area contributed by atoms with Gasteiger partial charge in [0.1, 0.15) is 11.7 Å². The SMILES string of the molecule is CC1CN(c2ccc(C(=N)N)cn2)CC(CO)O1. The third-order valence-corrected chi connectivity index (χ3v) is 2.91. The summed E-state index contributed by atoms with van der Waals surface area (Å²) in [5.41, 5.74) is 5.99. The van der Waals surface area contributed by atoms with Gasteiger partial charge in [-0.2, -0.15) is 0 Å². The van der Waals surface area contributed by atoms with Crippen LogP contribution in [0, 0.1) is 5.41 Å². The van der Waals surface area contributed by atoms with E-state index in [9.17, 15) is 5.11 Å². The molecule has 2 heterocycles. The van der Waals surface area contributed by atoms with Crippen molar-refractivity contribution in [3.05, 3.63) is 23.9 Å². The number of nitrogen functional groups attached to an aromatic ring is 1. The van der Waals surface area contributed by atoms with Gasteiger partial charge in [0, 0.05) is 24.8 Å². The Kier molecular flexibility index (Phi) is 3.78. The van der Waals surface area contributed by atoms with Crippen LogP contribution in [0.25, 0.3) is 0 Å². The van der Waals surface area contributed by atoms with Crippen LogP contribution in [-0.2, 0) is 4.74 Å². The fraction of sp³-hybridized carbons (Fsp3) is 0.500. The van der Waals surface area contributed by atoms with Gasteiger partial charge in [0.05, 0.1) is 18.8 Å². The second kappa shape index (κ2) is 5.32. The second-order valence-corrected chi connectivity index (χ2v) is 4.48. The summed E-state index contributed by atoms with van der Waals surface area (Å²) >= 11 is 0. The lowest BCUT2D eigenvalue weighted by atomic mass is 10.2. The minimum Gasteiger partial charge on any atom is -0.394 e. The summed E-state index contributed by atoms with van der Waals surface area (Å²) in [6.07, 6.45) is 1.47. The molecule has 1 aromatic heterocycles. The molecule has 2 atom stereocenters. The fourth-order valence-corrected chi connectivity index (χ4v) is 2.07. The van der Waals surface area contributed by atoms with Gasteiger partial charge in [-0.15, -0.1) is 0 Å². The average molecular weight is 250 g/mol. The largest absolute Gasteiger partial charge is 0.394 e. The molecule has 2 unspecified atom stereocenters. The van der Waals surface area contributed by atoms with E-state index in [0.717, 1.165) is 12.4 Å². The number of pyridine rings is 1. The van der Waals surface area contributed by atoms with E-state index in [2.05, 4.69) is 9.88 Å². The Bertz CT molecular complexity index is 421. The number of aliphatic hydroxyl groups excluding tert-OH is 1. The molecule has 1 saturated heterocycles. The quantitative estimate of drug-likeness (QED) is 0.516. The van der Waals surface area contributed by atoms with Gasteiger partial charge in [0.2, 0.25) is 0 Å². The van der Waals surface area contributed by atoms with Gasteiger partial charge in [-0.25, -0.2) is 4.98 Å². The topological polar surface area (TPSA) is 95.5 Å². The Labute approximate surface area is 106 Å². The van der Waals surface area contributed by atoms with Gasteiger partial charge in [-0.1, -0.05) is 0 Å². The van der Waals surface area contributed by atoms with E-state index in [1.54, 1.807) is 12.3 Å². The summed E-state index contributed by atoms with van der Waals surface area (Å²) in [7, 11) is 0. The summed E-state index contributed by atoms with van der Waals surface area (Å²) in [6.45, 7) is 3.33. The Hall–Kier alpha value is -1.66. The lowest BCUT2D eigenvalue weighted by molar-refractivity contribution is -0.0423. The fourth-order valence-electron chi connectivity index (χ4n) is 2.07. The van der Waals surface area contributed by atoms with Crippen LogP contribution in [0.1, 0.15) is 12.5 Å². The van der Waals surface area contributed by atoms with Crippen LogP contribution in [0.3, 0.4) is 0 Å². The number of nitrogens with one attached hydrogen (secondary N) is 1.